The van der Waals surface area contributed by atoms with Gasteiger partial charge in [-0.3, -0.25) is 4.90 Å². The normalized spacial score (nSPS) is 37.9. The minimum Gasteiger partial charge on any atom is -0.315 e. The molecule has 2 aliphatic rings. The third kappa shape index (κ3) is 2.76. The molecule has 2 aliphatic heterocycles. The van der Waals surface area contributed by atoms with Gasteiger partial charge in [0, 0.05) is 24.7 Å². The number of hydrogen-bond donors (Lipinski definition) is 1. The van der Waals surface area contributed by atoms with Crippen molar-refractivity contribution in [2.45, 2.75) is 50.7 Å². The highest BCUT2D eigenvalue weighted by Gasteiger charge is 2.29. The van der Waals surface area contributed by atoms with Crippen LogP contribution in [0.4, 0.5) is 0 Å². The molecule has 0 aliphatic carbocycles. The summed E-state index contributed by atoms with van der Waals surface area (Å²) in [6.07, 6.45) is 5.40. The van der Waals surface area contributed by atoms with Crippen LogP contribution in [0.1, 0.15) is 32.6 Å². The van der Waals surface area contributed by atoms with E-state index in [-0.39, 0.29) is 0 Å². The second-order valence-corrected chi connectivity index (χ2v) is 5.67. The summed E-state index contributed by atoms with van der Waals surface area (Å²) in [7, 11) is 4.59. The van der Waals surface area contributed by atoms with Crippen LogP contribution in [0.15, 0.2) is 0 Å². The van der Waals surface area contributed by atoms with Crippen molar-refractivity contribution in [3.8, 4) is 0 Å². The maximum atomic E-state index is 3.52. The molecule has 0 amide bonds. The number of nitrogens with one attached hydrogen (secondary N) is 1. The summed E-state index contributed by atoms with van der Waals surface area (Å²) >= 11 is 0. The maximum Gasteiger partial charge on any atom is 0.0221 e. The van der Waals surface area contributed by atoms with Crippen LogP contribution < -0.4 is 5.32 Å². The van der Waals surface area contributed by atoms with Crippen molar-refractivity contribution in [2.75, 3.05) is 33.7 Å². The molecule has 0 radical (unpaired) electrons. The first kappa shape index (κ1) is 12.3. The monoisotopic (exact) mass is 225 g/mol. The van der Waals surface area contributed by atoms with Gasteiger partial charge in [0.25, 0.3) is 0 Å². The molecule has 16 heavy (non-hydrogen) atoms. The first-order valence-corrected chi connectivity index (χ1v) is 6.81. The molecular formula is C13H27N3. The van der Waals surface area contributed by atoms with Crippen molar-refractivity contribution in [1.82, 2.24) is 15.1 Å². The average Bonchev–Trinajstić information content (AvgIpc) is 2.33. The molecule has 0 aromatic heterocycles. The molecule has 0 spiro atoms. The predicted molar refractivity (Wildman–Crippen MR) is 68.8 cm³/mol. The third-order valence-corrected chi connectivity index (χ3v) is 4.60. The van der Waals surface area contributed by atoms with E-state index in [1.165, 1.54) is 45.3 Å². The summed E-state index contributed by atoms with van der Waals surface area (Å²) in [6.45, 7) is 6.03. The molecule has 0 aromatic carbocycles. The molecular weight excluding hydrogens is 198 g/mol. The standard InChI is InChI=1S/C13H27N3/c1-11-9-12(6-8-15(11)2)16(3)13-5-4-7-14-10-13/h11-14H,4-10H2,1-3H3. The van der Waals surface area contributed by atoms with E-state index in [0.717, 1.165) is 18.1 Å². The molecule has 3 unspecified atom stereocenters. The van der Waals surface area contributed by atoms with Gasteiger partial charge in [-0.25, -0.2) is 0 Å². The first-order valence-electron chi connectivity index (χ1n) is 6.81. The van der Waals surface area contributed by atoms with Crippen LogP contribution in [0.25, 0.3) is 0 Å². The fourth-order valence-electron chi connectivity index (χ4n) is 3.11. The highest BCUT2D eigenvalue weighted by molar-refractivity contribution is 4.87. The van der Waals surface area contributed by atoms with Crippen molar-refractivity contribution in [2.24, 2.45) is 0 Å². The summed E-state index contributed by atoms with van der Waals surface area (Å²) in [5, 5.41) is 3.52. The number of nitrogens with zero attached hydrogens (tertiary/aromatic N) is 2. The fraction of sp³-hybridized carbons (Fsp3) is 1.00. The lowest BCUT2D eigenvalue weighted by atomic mass is 9.95. The van der Waals surface area contributed by atoms with Crippen molar-refractivity contribution < 1.29 is 0 Å². The Labute approximate surface area is 100 Å². The Morgan fingerprint density at radius 3 is 2.69 bits per heavy atom. The lowest BCUT2D eigenvalue weighted by Crippen LogP contribution is -2.53. The Kier molecular flexibility index (Phi) is 4.22. The molecule has 2 fully saturated rings. The Hall–Kier alpha value is -0.120. The number of hydrogen-bond acceptors (Lipinski definition) is 3. The quantitative estimate of drug-likeness (QED) is 0.760. The molecule has 1 N–H and O–H groups in total. The van der Waals surface area contributed by atoms with Crippen LogP contribution in [-0.2, 0) is 0 Å². The largest absolute Gasteiger partial charge is 0.315 e. The van der Waals surface area contributed by atoms with Gasteiger partial charge in [-0.05, 0) is 59.8 Å². The van der Waals surface area contributed by atoms with E-state index in [1.54, 1.807) is 0 Å². The Bertz CT molecular complexity index is 213. The van der Waals surface area contributed by atoms with Gasteiger partial charge in [0.05, 0.1) is 0 Å². The second kappa shape index (κ2) is 5.48. The highest BCUT2D eigenvalue weighted by atomic mass is 15.2. The van der Waals surface area contributed by atoms with E-state index >= 15 is 0 Å². The molecule has 2 heterocycles. The summed E-state index contributed by atoms with van der Waals surface area (Å²) in [5.41, 5.74) is 0. The fourth-order valence-corrected chi connectivity index (χ4v) is 3.11. The van der Waals surface area contributed by atoms with Crippen LogP contribution in [0.3, 0.4) is 0 Å². The second-order valence-electron chi connectivity index (χ2n) is 5.67. The molecule has 94 valence electrons. The summed E-state index contributed by atoms with van der Waals surface area (Å²) in [4.78, 5) is 5.14. The number of likely N-dealkylation sites (tertiary alicyclic amines) is 1. The molecule has 2 rings (SSSR count). The molecule has 0 aromatic rings. The molecule has 2 saturated heterocycles. The number of piperidine rings is 2. The highest BCUT2D eigenvalue weighted by Crippen LogP contribution is 2.22. The predicted octanol–water partition coefficient (Wildman–Crippen LogP) is 1.15. The Morgan fingerprint density at radius 1 is 1.25 bits per heavy atom. The lowest BCUT2D eigenvalue weighted by Gasteiger charge is -2.43. The maximum absolute atomic E-state index is 3.52. The molecule has 3 nitrogen and oxygen atoms in total. The van der Waals surface area contributed by atoms with Gasteiger partial charge in [-0.2, -0.15) is 0 Å². The van der Waals surface area contributed by atoms with Crippen LogP contribution in [0, 0.1) is 0 Å². The summed E-state index contributed by atoms with van der Waals surface area (Å²) < 4.78 is 0. The van der Waals surface area contributed by atoms with E-state index in [4.69, 9.17) is 0 Å². The average molecular weight is 225 g/mol. The zero-order valence-corrected chi connectivity index (χ0v) is 11.1. The topological polar surface area (TPSA) is 18.5 Å². The van der Waals surface area contributed by atoms with Crippen molar-refractivity contribution in [3.63, 3.8) is 0 Å². The van der Waals surface area contributed by atoms with E-state index in [2.05, 4.69) is 36.1 Å². The van der Waals surface area contributed by atoms with E-state index in [0.29, 0.717) is 0 Å². The van der Waals surface area contributed by atoms with Gasteiger partial charge >= 0.3 is 0 Å². The van der Waals surface area contributed by atoms with Crippen LogP contribution in [-0.4, -0.2) is 61.7 Å². The van der Waals surface area contributed by atoms with Gasteiger partial charge in [0.2, 0.25) is 0 Å². The van der Waals surface area contributed by atoms with Crippen LogP contribution in [0.2, 0.25) is 0 Å². The SMILES string of the molecule is CC1CC(N(C)C2CCCNC2)CCN1C. The van der Waals surface area contributed by atoms with Crippen LogP contribution in [0.5, 0.6) is 0 Å². The number of rotatable bonds is 2. The molecule has 3 atom stereocenters. The Morgan fingerprint density at radius 2 is 2.06 bits per heavy atom. The Balaban J connectivity index is 1.86. The first-order chi connectivity index (χ1) is 7.68. The van der Waals surface area contributed by atoms with E-state index < -0.39 is 0 Å². The summed E-state index contributed by atoms with van der Waals surface area (Å²) in [6, 6.07) is 2.32. The molecule has 0 saturated carbocycles. The minimum atomic E-state index is 0.748. The van der Waals surface area contributed by atoms with Crippen molar-refractivity contribution in [1.29, 1.82) is 0 Å². The van der Waals surface area contributed by atoms with E-state index in [1.807, 2.05) is 0 Å². The third-order valence-electron chi connectivity index (χ3n) is 4.60. The van der Waals surface area contributed by atoms with E-state index in [9.17, 15) is 0 Å². The van der Waals surface area contributed by atoms with Gasteiger partial charge in [0.1, 0.15) is 0 Å². The lowest BCUT2D eigenvalue weighted by molar-refractivity contribution is 0.0689. The minimum absolute atomic E-state index is 0.748. The molecule has 3 heteroatoms. The van der Waals surface area contributed by atoms with Crippen molar-refractivity contribution >= 4 is 0 Å². The van der Waals surface area contributed by atoms with Gasteiger partial charge in [0.15, 0.2) is 0 Å². The smallest absolute Gasteiger partial charge is 0.0221 e. The zero-order valence-electron chi connectivity index (χ0n) is 11.1. The number of likely N-dealkylation sites (N-methyl/N-ethyl adjacent to an activating group) is 1. The molecule has 0 bridgehead atoms. The van der Waals surface area contributed by atoms with Gasteiger partial charge in [-0.1, -0.05) is 0 Å². The zero-order chi connectivity index (χ0) is 11.5. The van der Waals surface area contributed by atoms with Crippen molar-refractivity contribution in [3.05, 3.63) is 0 Å². The summed E-state index contributed by atoms with van der Waals surface area (Å²) in [5.74, 6) is 0. The van der Waals surface area contributed by atoms with Crippen LogP contribution >= 0.6 is 0 Å². The van der Waals surface area contributed by atoms with Gasteiger partial charge in [-0.15, -0.1) is 0 Å². The van der Waals surface area contributed by atoms with Gasteiger partial charge < -0.3 is 10.2 Å².